The third-order valence-electron chi connectivity index (χ3n) is 7.59. The quantitative estimate of drug-likeness (QED) is 0.275. The van der Waals surface area contributed by atoms with Crippen molar-refractivity contribution < 1.29 is 4.74 Å². The molecule has 0 N–H and O–H groups in total. The van der Waals surface area contributed by atoms with E-state index in [4.69, 9.17) is 4.74 Å². The first-order chi connectivity index (χ1) is 13.3. The fourth-order valence-electron chi connectivity index (χ4n) is 5.67. The van der Waals surface area contributed by atoms with Gasteiger partial charge in [-0.3, -0.25) is 0 Å². The molecule has 160 valence electrons. The van der Waals surface area contributed by atoms with Gasteiger partial charge in [0.2, 0.25) is 0 Å². The first-order valence-electron chi connectivity index (χ1n) is 12.9. The minimum Gasteiger partial charge on any atom is -0.378 e. The minimum absolute atomic E-state index is 0.590. The van der Waals surface area contributed by atoms with Crippen LogP contribution in [0.4, 0.5) is 0 Å². The first kappa shape index (κ1) is 23.2. The molecule has 1 heteroatoms. The molecule has 0 amide bonds. The molecule has 2 aliphatic rings. The molecular formula is C26H50O. The summed E-state index contributed by atoms with van der Waals surface area (Å²) in [6.45, 7) is 5.61. The number of hydrogen-bond donors (Lipinski definition) is 0. The van der Waals surface area contributed by atoms with E-state index in [-0.39, 0.29) is 0 Å². The maximum atomic E-state index is 6.16. The van der Waals surface area contributed by atoms with Crippen LogP contribution in [0.1, 0.15) is 136 Å². The Kier molecular flexibility index (Phi) is 12.8. The second-order valence-electron chi connectivity index (χ2n) is 9.81. The van der Waals surface area contributed by atoms with Gasteiger partial charge in [0.05, 0.1) is 6.10 Å². The van der Waals surface area contributed by atoms with Crippen molar-refractivity contribution in [3.05, 3.63) is 0 Å². The Labute approximate surface area is 171 Å². The maximum absolute atomic E-state index is 6.16. The first-order valence-corrected chi connectivity index (χ1v) is 12.9. The van der Waals surface area contributed by atoms with E-state index >= 15 is 0 Å². The standard InChI is InChI=1S/C26H50O/c1-3-5-7-9-10-11-13-23-14-16-24(17-15-23)25-18-20-26(21-19-25)27-22-12-8-6-4-2/h23-26H,3-22H2,1-2H3. The lowest BCUT2D eigenvalue weighted by atomic mass is 9.70. The summed E-state index contributed by atoms with van der Waals surface area (Å²) in [5.41, 5.74) is 0. The molecule has 0 atom stereocenters. The van der Waals surface area contributed by atoms with Crippen molar-refractivity contribution in [2.24, 2.45) is 17.8 Å². The van der Waals surface area contributed by atoms with Crippen molar-refractivity contribution >= 4 is 0 Å². The van der Waals surface area contributed by atoms with Gasteiger partial charge >= 0.3 is 0 Å². The minimum atomic E-state index is 0.590. The van der Waals surface area contributed by atoms with Crippen molar-refractivity contribution in [3.8, 4) is 0 Å². The second kappa shape index (κ2) is 14.9. The molecule has 0 saturated heterocycles. The zero-order valence-electron chi connectivity index (χ0n) is 18.9. The third kappa shape index (κ3) is 9.82. The summed E-state index contributed by atoms with van der Waals surface area (Å²) in [4.78, 5) is 0. The Bertz CT molecular complexity index is 323. The van der Waals surface area contributed by atoms with Crippen LogP contribution in [0.5, 0.6) is 0 Å². The smallest absolute Gasteiger partial charge is 0.0575 e. The van der Waals surface area contributed by atoms with Crippen LogP contribution < -0.4 is 0 Å². The predicted octanol–water partition coefficient (Wildman–Crippen LogP) is 8.70. The van der Waals surface area contributed by atoms with Gasteiger partial charge in [0, 0.05) is 6.61 Å². The molecule has 0 bridgehead atoms. The topological polar surface area (TPSA) is 9.23 Å². The van der Waals surface area contributed by atoms with Crippen LogP contribution in [0.25, 0.3) is 0 Å². The van der Waals surface area contributed by atoms with Crippen molar-refractivity contribution in [2.45, 2.75) is 142 Å². The van der Waals surface area contributed by atoms with Gasteiger partial charge < -0.3 is 4.74 Å². The zero-order valence-corrected chi connectivity index (χ0v) is 18.9. The van der Waals surface area contributed by atoms with Crippen molar-refractivity contribution in [2.75, 3.05) is 6.61 Å². The van der Waals surface area contributed by atoms with E-state index in [2.05, 4.69) is 13.8 Å². The summed E-state index contributed by atoms with van der Waals surface area (Å²) in [5, 5.41) is 0. The lowest BCUT2D eigenvalue weighted by molar-refractivity contribution is 0.00529. The van der Waals surface area contributed by atoms with Crippen molar-refractivity contribution in [1.29, 1.82) is 0 Å². The van der Waals surface area contributed by atoms with E-state index in [9.17, 15) is 0 Å². The Morgan fingerprint density at radius 1 is 0.556 bits per heavy atom. The number of ether oxygens (including phenoxy) is 1. The SMILES string of the molecule is CCCCCCCCC1CCC(C2CCC(OCCCCCC)CC2)CC1. The van der Waals surface area contributed by atoms with E-state index in [0.717, 1.165) is 24.4 Å². The molecule has 1 nitrogen and oxygen atoms in total. The zero-order chi connectivity index (χ0) is 19.2. The summed E-state index contributed by atoms with van der Waals surface area (Å²) in [5.74, 6) is 3.14. The van der Waals surface area contributed by atoms with Gasteiger partial charge in [-0.2, -0.15) is 0 Å². The van der Waals surface area contributed by atoms with Crippen LogP contribution >= 0.6 is 0 Å². The molecule has 27 heavy (non-hydrogen) atoms. The normalized spacial score (nSPS) is 29.1. The highest BCUT2D eigenvalue weighted by molar-refractivity contribution is 4.82. The molecule has 0 radical (unpaired) electrons. The molecule has 0 aromatic carbocycles. The Morgan fingerprint density at radius 3 is 1.70 bits per heavy atom. The van der Waals surface area contributed by atoms with E-state index < -0.39 is 0 Å². The Balaban J connectivity index is 1.48. The fraction of sp³-hybridized carbons (Fsp3) is 1.00. The summed E-state index contributed by atoms with van der Waals surface area (Å²) < 4.78 is 6.16. The fourth-order valence-corrected chi connectivity index (χ4v) is 5.67. The molecular weight excluding hydrogens is 328 g/mol. The van der Waals surface area contributed by atoms with E-state index in [1.807, 2.05) is 0 Å². The number of unbranched alkanes of at least 4 members (excludes halogenated alkanes) is 8. The van der Waals surface area contributed by atoms with E-state index in [0.29, 0.717) is 6.10 Å². The summed E-state index contributed by atoms with van der Waals surface area (Å²) in [6.07, 6.45) is 27.9. The van der Waals surface area contributed by atoms with Crippen LogP contribution in [0.15, 0.2) is 0 Å². The molecule has 0 aliphatic heterocycles. The lowest BCUT2D eigenvalue weighted by Gasteiger charge is -2.38. The molecule has 2 aliphatic carbocycles. The molecule has 0 spiro atoms. The third-order valence-corrected chi connectivity index (χ3v) is 7.59. The number of hydrogen-bond acceptors (Lipinski definition) is 1. The lowest BCUT2D eigenvalue weighted by Crippen LogP contribution is -2.28. The molecule has 2 rings (SSSR count). The van der Waals surface area contributed by atoms with Crippen LogP contribution in [-0.4, -0.2) is 12.7 Å². The van der Waals surface area contributed by atoms with Crippen LogP contribution in [0, 0.1) is 17.8 Å². The van der Waals surface area contributed by atoms with Crippen LogP contribution in [0.3, 0.4) is 0 Å². The van der Waals surface area contributed by atoms with Gasteiger partial charge in [0.25, 0.3) is 0 Å². The van der Waals surface area contributed by atoms with Gasteiger partial charge in [0.1, 0.15) is 0 Å². The van der Waals surface area contributed by atoms with Gasteiger partial charge in [-0.05, 0) is 62.7 Å². The highest BCUT2D eigenvalue weighted by Gasteiger charge is 2.30. The van der Waals surface area contributed by atoms with Gasteiger partial charge in [0.15, 0.2) is 0 Å². The van der Waals surface area contributed by atoms with Crippen LogP contribution in [-0.2, 0) is 4.74 Å². The molecule has 0 aromatic heterocycles. The van der Waals surface area contributed by atoms with Crippen molar-refractivity contribution in [1.82, 2.24) is 0 Å². The maximum Gasteiger partial charge on any atom is 0.0575 e. The summed E-state index contributed by atoms with van der Waals surface area (Å²) in [7, 11) is 0. The average Bonchev–Trinajstić information content (AvgIpc) is 2.71. The number of rotatable bonds is 14. The molecule has 0 heterocycles. The largest absolute Gasteiger partial charge is 0.378 e. The van der Waals surface area contributed by atoms with Gasteiger partial charge in [-0.1, -0.05) is 90.9 Å². The monoisotopic (exact) mass is 378 g/mol. The summed E-state index contributed by atoms with van der Waals surface area (Å²) >= 11 is 0. The van der Waals surface area contributed by atoms with Crippen molar-refractivity contribution in [3.63, 3.8) is 0 Å². The van der Waals surface area contributed by atoms with Gasteiger partial charge in [-0.15, -0.1) is 0 Å². The molecule has 0 aromatic rings. The molecule has 2 saturated carbocycles. The highest BCUT2D eigenvalue weighted by Crippen LogP contribution is 2.41. The highest BCUT2D eigenvalue weighted by atomic mass is 16.5. The Morgan fingerprint density at radius 2 is 1.07 bits per heavy atom. The van der Waals surface area contributed by atoms with Gasteiger partial charge in [-0.25, -0.2) is 0 Å². The Hall–Kier alpha value is -0.0400. The second-order valence-corrected chi connectivity index (χ2v) is 9.81. The molecule has 0 unspecified atom stereocenters. The van der Waals surface area contributed by atoms with E-state index in [1.54, 1.807) is 0 Å². The van der Waals surface area contributed by atoms with Crippen LogP contribution in [0.2, 0.25) is 0 Å². The average molecular weight is 379 g/mol. The predicted molar refractivity (Wildman–Crippen MR) is 119 cm³/mol. The van der Waals surface area contributed by atoms with E-state index in [1.165, 1.54) is 122 Å². The molecule has 2 fully saturated rings. The summed E-state index contributed by atoms with van der Waals surface area (Å²) in [6, 6.07) is 0.